The smallest absolute Gasteiger partial charge is 0.265 e. The molecule has 1 aromatic heterocycles. The summed E-state index contributed by atoms with van der Waals surface area (Å²) < 4.78 is 27.7. The van der Waals surface area contributed by atoms with Gasteiger partial charge in [-0.25, -0.2) is 8.42 Å². The van der Waals surface area contributed by atoms with Gasteiger partial charge >= 0.3 is 0 Å². The number of rotatable bonds is 5. The summed E-state index contributed by atoms with van der Waals surface area (Å²) in [5, 5.41) is 10.5. The largest absolute Gasteiger partial charge is 0.355 e. The number of nitrogens with zero attached hydrogens (tertiary/aromatic N) is 1. The fourth-order valence-corrected chi connectivity index (χ4v) is 4.21. The predicted molar refractivity (Wildman–Crippen MR) is 105 cm³/mol. The number of nitrogens with one attached hydrogen (secondary N) is 3. The van der Waals surface area contributed by atoms with Crippen molar-refractivity contribution >= 4 is 38.7 Å². The van der Waals surface area contributed by atoms with Crippen molar-refractivity contribution in [2.24, 2.45) is 0 Å². The maximum Gasteiger partial charge on any atom is 0.265 e. The second kappa shape index (κ2) is 7.01. The van der Waals surface area contributed by atoms with E-state index in [0.29, 0.717) is 22.1 Å². The first kappa shape index (κ1) is 18.3. The van der Waals surface area contributed by atoms with E-state index in [1.165, 1.54) is 0 Å². The van der Waals surface area contributed by atoms with Crippen molar-refractivity contribution < 1.29 is 8.42 Å². The molecular formula is C18H19ClN4O2S. The van der Waals surface area contributed by atoms with Gasteiger partial charge in [0.25, 0.3) is 10.0 Å². The first-order chi connectivity index (χ1) is 12.3. The van der Waals surface area contributed by atoms with Gasteiger partial charge in [0.1, 0.15) is 4.90 Å². The fraction of sp³-hybridized carbons (Fsp3) is 0.167. The normalized spacial score (nSPS) is 11.4. The van der Waals surface area contributed by atoms with Crippen LogP contribution in [0.1, 0.15) is 17.0 Å². The third-order valence-electron chi connectivity index (χ3n) is 3.93. The number of aromatic nitrogens is 2. The van der Waals surface area contributed by atoms with E-state index in [-0.39, 0.29) is 4.90 Å². The van der Waals surface area contributed by atoms with E-state index in [2.05, 4.69) is 20.2 Å². The monoisotopic (exact) mass is 390 g/mol. The molecule has 6 nitrogen and oxygen atoms in total. The van der Waals surface area contributed by atoms with E-state index in [9.17, 15) is 8.42 Å². The van der Waals surface area contributed by atoms with Crippen LogP contribution in [0.2, 0.25) is 5.02 Å². The third-order valence-corrected chi connectivity index (χ3v) is 5.98. The van der Waals surface area contributed by atoms with Gasteiger partial charge in [0.15, 0.2) is 0 Å². The van der Waals surface area contributed by atoms with Crippen LogP contribution in [-0.4, -0.2) is 18.6 Å². The molecule has 0 fully saturated rings. The zero-order valence-electron chi connectivity index (χ0n) is 14.6. The Hall–Kier alpha value is -2.51. The Morgan fingerprint density at radius 3 is 2.15 bits per heavy atom. The summed E-state index contributed by atoms with van der Waals surface area (Å²) in [6, 6.07) is 12.7. The Bertz CT molecular complexity index is 1020. The Labute approximate surface area is 157 Å². The molecule has 0 amide bonds. The Kier molecular flexibility index (Phi) is 4.93. The zero-order valence-corrected chi connectivity index (χ0v) is 16.2. The summed E-state index contributed by atoms with van der Waals surface area (Å²) in [7, 11) is -3.70. The van der Waals surface area contributed by atoms with Crippen LogP contribution < -0.4 is 10.0 Å². The molecule has 0 atom stereocenters. The molecule has 8 heteroatoms. The molecule has 3 aromatic rings. The summed E-state index contributed by atoms with van der Waals surface area (Å²) in [6.07, 6.45) is 0. The summed E-state index contributed by atoms with van der Waals surface area (Å²) in [4.78, 5) is 0.175. The lowest BCUT2D eigenvalue weighted by atomic mass is 10.2. The molecule has 3 N–H and O–H groups in total. The molecule has 26 heavy (non-hydrogen) atoms. The molecule has 0 radical (unpaired) electrons. The average Bonchev–Trinajstić information content (AvgIpc) is 2.92. The van der Waals surface area contributed by atoms with Gasteiger partial charge in [-0.2, -0.15) is 5.10 Å². The minimum Gasteiger partial charge on any atom is -0.355 e. The van der Waals surface area contributed by atoms with E-state index in [1.807, 2.05) is 25.1 Å². The van der Waals surface area contributed by atoms with Crippen LogP contribution in [-0.2, 0) is 10.0 Å². The molecule has 2 aromatic carbocycles. The van der Waals surface area contributed by atoms with E-state index in [4.69, 9.17) is 11.6 Å². The minimum atomic E-state index is -3.70. The van der Waals surface area contributed by atoms with Gasteiger partial charge in [-0.05, 0) is 62.7 Å². The van der Waals surface area contributed by atoms with E-state index in [1.54, 1.807) is 38.1 Å². The molecule has 0 saturated heterocycles. The van der Waals surface area contributed by atoms with Crippen molar-refractivity contribution in [2.45, 2.75) is 25.7 Å². The number of sulfonamides is 1. The quantitative estimate of drug-likeness (QED) is 0.597. The fourth-order valence-electron chi connectivity index (χ4n) is 2.60. The van der Waals surface area contributed by atoms with E-state index >= 15 is 0 Å². The lowest BCUT2D eigenvalue weighted by molar-refractivity contribution is 0.600. The van der Waals surface area contributed by atoms with E-state index in [0.717, 1.165) is 16.9 Å². The highest BCUT2D eigenvalue weighted by Crippen LogP contribution is 2.25. The average molecular weight is 391 g/mol. The topological polar surface area (TPSA) is 86.9 Å². The second-order valence-corrected chi connectivity index (χ2v) is 8.06. The summed E-state index contributed by atoms with van der Waals surface area (Å²) in [5.41, 5.74) is 4.10. The van der Waals surface area contributed by atoms with Crippen LogP contribution in [0.25, 0.3) is 0 Å². The molecule has 136 valence electrons. The number of benzene rings is 2. The maximum absolute atomic E-state index is 12.5. The maximum atomic E-state index is 12.5. The third kappa shape index (κ3) is 3.84. The molecule has 0 aliphatic carbocycles. The number of aromatic amines is 1. The van der Waals surface area contributed by atoms with Crippen LogP contribution in [0.15, 0.2) is 47.4 Å². The van der Waals surface area contributed by atoms with Crippen LogP contribution in [0.5, 0.6) is 0 Å². The number of anilines is 3. The molecule has 0 spiro atoms. The lowest BCUT2D eigenvalue weighted by Crippen LogP contribution is -2.14. The number of halogens is 1. The van der Waals surface area contributed by atoms with Gasteiger partial charge in [-0.3, -0.25) is 9.82 Å². The number of hydrogen-bond acceptors (Lipinski definition) is 4. The highest BCUT2D eigenvalue weighted by molar-refractivity contribution is 7.92. The summed E-state index contributed by atoms with van der Waals surface area (Å²) in [5.74, 6) is 0. The van der Waals surface area contributed by atoms with Crippen molar-refractivity contribution in [1.29, 1.82) is 0 Å². The second-order valence-electron chi connectivity index (χ2n) is 6.03. The van der Waals surface area contributed by atoms with Crippen molar-refractivity contribution in [2.75, 3.05) is 10.0 Å². The molecule has 0 unspecified atom stereocenters. The summed E-state index contributed by atoms with van der Waals surface area (Å²) in [6.45, 7) is 5.27. The van der Waals surface area contributed by atoms with Crippen molar-refractivity contribution in [1.82, 2.24) is 10.2 Å². The first-order valence-electron chi connectivity index (χ1n) is 7.94. The molecule has 0 bridgehead atoms. The van der Waals surface area contributed by atoms with Crippen LogP contribution in [0.4, 0.5) is 17.1 Å². The highest BCUT2D eigenvalue weighted by atomic mass is 35.5. The molecule has 1 heterocycles. The molecule has 0 aliphatic heterocycles. The first-order valence-corrected chi connectivity index (χ1v) is 9.80. The SMILES string of the molecule is Cc1ccc(Nc2ccc(NS(=O)(=O)c3c(C)n[nH]c3C)cc2)cc1Cl. The van der Waals surface area contributed by atoms with Gasteiger partial charge in [-0.15, -0.1) is 0 Å². The minimum absolute atomic E-state index is 0.175. The van der Waals surface area contributed by atoms with Crippen molar-refractivity contribution in [3.8, 4) is 0 Å². The highest BCUT2D eigenvalue weighted by Gasteiger charge is 2.22. The number of aryl methyl sites for hydroxylation is 3. The van der Waals surface area contributed by atoms with Crippen LogP contribution >= 0.6 is 11.6 Å². The van der Waals surface area contributed by atoms with E-state index < -0.39 is 10.0 Å². The molecule has 3 rings (SSSR count). The van der Waals surface area contributed by atoms with Crippen LogP contribution in [0.3, 0.4) is 0 Å². The van der Waals surface area contributed by atoms with Gasteiger partial charge < -0.3 is 5.32 Å². The Morgan fingerprint density at radius 1 is 0.962 bits per heavy atom. The predicted octanol–water partition coefficient (Wildman–Crippen LogP) is 4.53. The number of hydrogen-bond donors (Lipinski definition) is 3. The lowest BCUT2D eigenvalue weighted by Gasteiger charge is -2.11. The van der Waals surface area contributed by atoms with Crippen LogP contribution in [0, 0.1) is 20.8 Å². The molecule has 0 saturated carbocycles. The molecule has 0 aliphatic rings. The van der Waals surface area contributed by atoms with Gasteiger partial charge in [0.2, 0.25) is 0 Å². The Balaban J connectivity index is 1.76. The Morgan fingerprint density at radius 2 is 1.58 bits per heavy atom. The van der Waals surface area contributed by atoms with Gasteiger partial charge in [0, 0.05) is 22.1 Å². The van der Waals surface area contributed by atoms with Gasteiger partial charge in [0.05, 0.1) is 11.4 Å². The zero-order chi connectivity index (χ0) is 18.9. The van der Waals surface area contributed by atoms with Crippen molar-refractivity contribution in [3.63, 3.8) is 0 Å². The van der Waals surface area contributed by atoms with Crippen molar-refractivity contribution in [3.05, 3.63) is 64.4 Å². The van der Waals surface area contributed by atoms with Gasteiger partial charge in [-0.1, -0.05) is 17.7 Å². The molecular weight excluding hydrogens is 372 g/mol. The number of H-pyrrole nitrogens is 1. The standard InChI is InChI=1S/C18H19ClN4O2S/c1-11-4-5-16(10-17(11)19)20-14-6-8-15(9-7-14)23-26(24,25)18-12(2)21-22-13(18)3/h4-10,20,23H,1-3H3,(H,21,22). The summed E-state index contributed by atoms with van der Waals surface area (Å²) >= 11 is 6.13.